The van der Waals surface area contributed by atoms with Crippen LogP contribution in [-0.2, 0) is 14.3 Å². The van der Waals surface area contributed by atoms with Crippen LogP contribution in [0.4, 0.5) is 4.79 Å². The Balaban J connectivity index is 1.67. The van der Waals surface area contributed by atoms with Crippen LogP contribution in [0, 0.1) is 5.92 Å². The lowest BCUT2D eigenvalue weighted by molar-refractivity contribution is -0.130. The first-order chi connectivity index (χ1) is 9.04. The molecule has 0 aromatic rings. The number of methoxy groups -OCH3 is 1. The van der Waals surface area contributed by atoms with Crippen LogP contribution in [0.3, 0.4) is 0 Å². The zero-order chi connectivity index (χ0) is 13.7. The summed E-state index contributed by atoms with van der Waals surface area (Å²) in [6, 6.07) is -0.0545. The van der Waals surface area contributed by atoms with Crippen LogP contribution < -0.4 is 0 Å². The average Bonchev–Trinajstić information content (AvgIpc) is 2.68. The molecule has 0 unspecified atom stereocenters. The number of fused-ring (bicyclic) bond motifs is 1. The van der Waals surface area contributed by atoms with E-state index in [1.165, 1.54) is 19.3 Å². The Hall–Kier alpha value is -1.21. The number of rotatable bonds is 2. The van der Waals surface area contributed by atoms with E-state index < -0.39 is 6.09 Å². The summed E-state index contributed by atoms with van der Waals surface area (Å²) in [7, 11) is 1.33. The van der Waals surface area contributed by atoms with Crippen molar-refractivity contribution in [2.24, 2.45) is 5.92 Å². The third-order valence-corrected chi connectivity index (χ3v) is 5.80. The summed E-state index contributed by atoms with van der Waals surface area (Å²) < 4.78 is 5.76. The van der Waals surface area contributed by atoms with E-state index in [0.29, 0.717) is 6.54 Å². The maximum atomic E-state index is 11.5. The number of ether oxygens (including phenoxy) is 1. The molecule has 3 amide bonds. The van der Waals surface area contributed by atoms with Crippen molar-refractivity contribution in [2.45, 2.75) is 16.7 Å². The van der Waals surface area contributed by atoms with Gasteiger partial charge in [-0.25, -0.2) is 9.10 Å². The van der Waals surface area contributed by atoms with Gasteiger partial charge < -0.3 is 9.64 Å². The lowest BCUT2D eigenvalue weighted by atomic mass is 9.70. The molecule has 19 heavy (non-hydrogen) atoms. The zero-order valence-corrected chi connectivity index (χ0v) is 11.6. The Labute approximate surface area is 118 Å². The molecular weight excluding hydrogens is 292 g/mol. The van der Waals surface area contributed by atoms with Gasteiger partial charge >= 0.3 is 6.09 Å². The highest BCUT2D eigenvalue weighted by molar-refractivity contribution is 7.99. The smallest absolute Gasteiger partial charge is 0.409 e. The maximum Gasteiger partial charge on any atom is 0.409 e. The van der Waals surface area contributed by atoms with Crippen molar-refractivity contribution in [2.75, 3.05) is 13.7 Å². The van der Waals surface area contributed by atoms with Crippen molar-refractivity contribution in [3.8, 4) is 0 Å². The Morgan fingerprint density at radius 1 is 1.42 bits per heavy atom. The second kappa shape index (κ2) is 4.42. The van der Waals surface area contributed by atoms with Crippen LogP contribution in [0.25, 0.3) is 0 Å². The summed E-state index contributed by atoms with van der Waals surface area (Å²) in [5, 5.41) is -0.301. The van der Waals surface area contributed by atoms with E-state index in [0.717, 1.165) is 16.3 Å². The number of hydrogen-bond donors (Lipinski definition) is 0. The molecule has 1 aliphatic carbocycles. The summed E-state index contributed by atoms with van der Waals surface area (Å²) in [4.78, 5) is 36.1. The Morgan fingerprint density at radius 3 is 2.63 bits per heavy atom. The van der Waals surface area contributed by atoms with E-state index in [1.54, 1.807) is 4.90 Å². The molecule has 8 heteroatoms. The van der Waals surface area contributed by atoms with Gasteiger partial charge in [-0.05, 0) is 11.9 Å². The Kier molecular flexibility index (Phi) is 2.98. The van der Waals surface area contributed by atoms with Crippen molar-refractivity contribution in [3.05, 3.63) is 12.2 Å². The highest BCUT2D eigenvalue weighted by Gasteiger charge is 2.62. The molecule has 0 aromatic carbocycles. The minimum absolute atomic E-state index is 0.0545. The van der Waals surface area contributed by atoms with Gasteiger partial charge in [0.05, 0.1) is 23.8 Å². The Morgan fingerprint density at radius 2 is 2.05 bits per heavy atom. The van der Waals surface area contributed by atoms with Crippen molar-refractivity contribution in [1.82, 2.24) is 9.21 Å². The standard InChI is InChI=1S/C11H11ClN2O4S/c1-18-11(17)13-4-5-8(12)10(9(5)13)19-14-6(15)2-3-7(14)16/h2-3,5,8-10H,4H2,1H3/t5-,8+,9-,10-/m1/s1. The number of likely N-dealkylation sites (tertiary alicyclic amines) is 1. The number of halogens is 1. The van der Waals surface area contributed by atoms with E-state index in [4.69, 9.17) is 11.6 Å². The topological polar surface area (TPSA) is 66.9 Å². The zero-order valence-electron chi connectivity index (χ0n) is 9.98. The molecule has 3 rings (SSSR count). The molecule has 2 heterocycles. The van der Waals surface area contributed by atoms with Gasteiger partial charge in [0, 0.05) is 24.6 Å². The van der Waals surface area contributed by atoms with E-state index >= 15 is 0 Å². The van der Waals surface area contributed by atoms with Gasteiger partial charge in [-0.1, -0.05) is 0 Å². The third-order valence-electron chi connectivity index (χ3n) is 3.67. The second-order valence-corrected chi connectivity index (χ2v) is 6.22. The lowest BCUT2D eigenvalue weighted by Crippen LogP contribution is -2.76. The van der Waals surface area contributed by atoms with Gasteiger partial charge in [0.25, 0.3) is 11.8 Å². The molecular formula is C11H11ClN2O4S. The molecule has 2 fully saturated rings. The fourth-order valence-electron chi connectivity index (χ4n) is 2.59. The van der Waals surface area contributed by atoms with Gasteiger partial charge in [0.1, 0.15) is 0 Å². The fourth-order valence-corrected chi connectivity index (χ4v) is 4.47. The summed E-state index contributed by atoms with van der Waals surface area (Å²) >= 11 is 7.33. The van der Waals surface area contributed by atoms with Crippen LogP contribution in [-0.4, -0.2) is 57.4 Å². The largest absolute Gasteiger partial charge is 0.453 e. The molecule has 4 atom stereocenters. The molecule has 6 nitrogen and oxygen atoms in total. The predicted octanol–water partition coefficient (Wildman–Crippen LogP) is 0.616. The first-order valence-corrected chi connectivity index (χ1v) is 7.03. The molecule has 0 N–H and O–H groups in total. The molecule has 1 saturated carbocycles. The van der Waals surface area contributed by atoms with Crippen LogP contribution in [0.2, 0.25) is 0 Å². The van der Waals surface area contributed by atoms with E-state index in [9.17, 15) is 14.4 Å². The van der Waals surface area contributed by atoms with Gasteiger partial charge in [0.15, 0.2) is 0 Å². The van der Waals surface area contributed by atoms with Crippen LogP contribution in [0.15, 0.2) is 12.2 Å². The van der Waals surface area contributed by atoms with Crippen molar-refractivity contribution in [1.29, 1.82) is 0 Å². The number of amides is 3. The number of carbonyl (C=O) groups is 3. The first-order valence-electron chi connectivity index (χ1n) is 5.76. The molecule has 0 radical (unpaired) electrons. The SMILES string of the molecule is COC(=O)N1C[C@@H]2[C@H](Cl)[C@@H](SN3C(=O)C=CC3=O)[C@@H]21. The third kappa shape index (κ3) is 1.75. The average molecular weight is 303 g/mol. The number of hydrogen-bond acceptors (Lipinski definition) is 5. The fraction of sp³-hybridized carbons (Fsp3) is 0.545. The van der Waals surface area contributed by atoms with Gasteiger partial charge in [-0.15, -0.1) is 11.6 Å². The van der Waals surface area contributed by atoms with Crippen LogP contribution >= 0.6 is 23.5 Å². The van der Waals surface area contributed by atoms with Gasteiger partial charge in [0.2, 0.25) is 0 Å². The van der Waals surface area contributed by atoms with Crippen molar-refractivity contribution >= 4 is 41.5 Å². The molecule has 102 valence electrons. The summed E-state index contributed by atoms with van der Waals surface area (Å²) in [6.07, 6.45) is 2.06. The number of nitrogens with zero attached hydrogens (tertiary/aromatic N) is 2. The van der Waals surface area contributed by atoms with E-state index in [2.05, 4.69) is 4.74 Å². The highest BCUT2D eigenvalue weighted by atomic mass is 35.5. The normalized spacial score (nSPS) is 35.9. The molecule has 0 spiro atoms. The number of alkyl halides is 1. The van der Waals surface area contributed by atoms with Crippen LogP contribution in [0.5, 0.6) is 0 Å². The van der Waals surface area contributed by atoms with E-state index in [-0.39, 0.29) is 34.4 Å². The van der Waals surface area contributed by atoms with Crippen molar-refractivity contribution in [3.63, 3.8) is 0 Å². The molecule has 0 aromatic heterocycles. The highest BCUT2D eigenvalue weighted by Crippen LogP contribution is 2.52. The molecule has 1 saturated heterocycles. The quantitative estimate of drug-likeness (QED) is 0.425. The molecule has 3 aliphatic rings. The summed E-state index contributed by atoms with van der Waals surface area (Å²) in [6.45, 7) is 0.572. The van der Waals surface area contributed by atoms with Crippen LogP contribution in [0.1, 0.15) is 0 Å². The summed E-state index contributed by atoms with van der Waals surface area (Å²) in [5.41, 5.74) is 0. The van der Waals surface area contributed by atoms with Gasteiger partial charge in [-0.2, -0.15) is 0 Å². The maximum absolute atomic E-state index is 11.5. The minimum Gasteiger partial charge on any atom is -0.453 e. The number of carbonyl (C=O) groups excluding carboxylic acids is 3. The van der Waals surface area contributed by atoms with Gasteiger partial charge in [-0.3, -0.25) is 9.59 Å². The lowest BCUT2D eigenvalue weighted by Gasteiger charge is -2.61. The predicted molar refractivity (Wildman–Crippen MR) is 68.4 cm³/mol. The Bertz CT molecular complexity index is 479. The molecule has 0 bridgehead atoms. The first kappa shape index (κ1) is 12.8. The number of imide groups is 1. The van der Waals surface area contributed by atoms with E-state index in [1.807, 2.05) is 0 Å². The second-order valence-electron chi connectivity index (χ2n) is 4.60. The minimum atomic E-state index is -0.396. The monoisotopic (exact) mass is 302 g/mol. The van der Waals surface area contributed by atoms with Crippen molar-refractivity contribution < 1.29 is 19.1 Å². The summed E-state index contributed by atoms with van der Waals surface area (Å²) in [5.74, 6) is -0.489. The number of piperidine rings is 1. The molecule has 2 aliphatic heterocycles.